The van der Waals surface area contributed by atoms with Gasteiger partial charge in [0.05, 0.1) is 6.42 Å². The van der Waals surface area contributed by atoms with Crippen LogP contribution in [0.1, 0.15) is 38.7 Å². The van der Waals surface area contributed by atoms with Crippen LogP contribution in [-0.4, -0.2) is 28.9 Å². The lowest BCUT2D eigenvalue weighted by molar-refractivity contribution is -0.142. The van der Waals surface area contributed by atoms with Crippen molar-refractivity contribution in [2.75, 3.05) is 5.32 Å². The monoisotopic (exact) mass is 306 g/mol. The van der Waals surface area contributed by atoms with E-state index in [-0.39, 0.29) is 18.2 Å². The van der Waals surface area contributed by atoms with Crippen molar-refractivity contribution in [3.63, 3.8) is 0 Å². The summed E-state index contributed by atoms with van der Waals surface area (Å²) in [7, 11) is 0. The minimum absolute atomic E-state index is 0.0202. The van der Waals surface area contributed by atoms with Crippen molar-refractivity contribution in [1.29, 1.82) is 0 Å². The number of unbranched alkanes of at least 4 members (excludes halogenated alkanes) is 1. The number of carboxylic acids is 1. The van der Waals surface area contributed by atoms with Gasteiger partial charge in [-0.25, -0.2) is 4.79 Å². The fourth-order valence-electron chi connectivity index (χ4n) is 2.07. The van der Waals surface area contributed by atoms with Gasteiger partial charge < -0.3 is 15.7 Å². The number of anilines is 1. The van der Waals surface area contributed by atoms with E-state index in [1.165, 1.54) is 6.92 Å². The van der Waals surface area contributed by atoms with Crippen LogP contribution in [-0.2, 0) is 20.8 Å². The third-order valence-electron chi connectivity index (χ3n) is 3.16. The zero-order chi connectivity index (χ0) is 16.5. The molecule has 0 unspecified atom stereocenters. The van der Waals surface area contributed by atoms with Crippen molar-refractivity contribution in [3.05, 3.63) is 29.8 Å². The van der Waals surface area contributed by atoms with Crippen molar-refractivity contribution in [3.8, 4) is 0 Å². The SMILES string of the molecule is CCCC[C@H](NC(=O)Cc1ccccc1NC(C)=O)C(=O)O. The molecule has 0 aliphatic rings. The maximum Gasteiger partial charge on any atom is 0.326 e. The molecule has 1 atom stereocenters. The van der Waals surface area contributed by atoms with Crippen LogP contribution in [0.5, 0.6) is 0 Å². The van der Waals surface area contributed by atoms with Crippen molar-refractivity contribution < 1.29 is 19.5 Å². The Morgan fingerprint density at radius 3 is 2.50 bits per heavy atom. The molecule has 0 radical (unpaired) electrons. The minimum atomic E-state index is -1.03. The minimum Gasteiger partial charge on any atom is -0.480 e. The predicted octanol–water partition coefficient (Wildman–Crippen LogP) is 1.95. The molecule has 3 N–H and O–H groups in total. The number of amides is 2. The second-order valence-electron chi connectivity index (χ2n) is 5.12. The summed E-state index contributed by atoms with van der Waals surface area (Å²) >= 11 is 0. The first-order valence-electron chi connectivity index (χ1n) is 7.31. The number of hydrogen-bond donors (Lipinski definition) is 3. The predicted molar refractivity (Wildman–Crippen MR) is 83.5 cm³/mol. The number of para-hydroxylation sites is 1. The Balaban J connectivity index is 2.71. The van der Waals surface area contributed by atoms with Gasteiger partial charge in [-0.3, -0.25) is 9.59 Å². The zero-order valence-corrected chi connectivity index (χ0v) is 12.9. The summed E-state index contributed by atoms with van der Waals surface area (Å²) in [6.45, 7) is 3.35. The van der Waals surface area contributed by atoms with E-state index >= 15 is 0 Å². The molecule has 0 heterocycles. The summed E-state index contributed by atoms with van der Waals surface area (Å²) in [5.74, 6) is -1.63. The quantitative estimate of drug-likeness (QED) is 0.684. The first-order valence-corrected chi connectivity index (χ1v) is 7.31. The molecule has 0 aromatic heterocycles. The lowest BCUT2D eigenvalue weighted by Crippen LogP contribution is -2.41. The average molecular weight is 306 g/mol. The summed E-state index contributed by atoms with van der Waals surface area (Å²) in [5.41, 5.74) is 1.21. The topological polar surface area (TPSA) is 95.5 Å². The Kier molecular flexibility index (Phi) is 7.08. The third kappa shape index (κ3) is 5.95. The van der Waals surface area contributed by atoms with Gasteiger partial charge in [-0.05, 0) is 18.1 Å². The maximum atomic E-state index is 12.0. The molecule has 0 saturated heterocycles. The fraction of sp³-hybridized carbons (Fsp3) is 0.438. The fourth-order valence-corrected chi connectivity index (χ4v) is 2.07. The van der Waals surface area contributed by atoms with Crippen LogP contribution in [0.4, 0.5) is 5.69 Å². The van der Waals surface area contributed by atoms with Crippen LogP contribution < -0.4 is 10.6 Å². The van der Waals surface area contributed by atoms with Gasteiger partial charge in [0.2, 0.25) is 11.8 Å². The summed E-state index contributed by atoms with van der Waals surface area (Å²) in [5, 5.41) is 14.3. The van der Waals surface area contributed by atoms with E-state index in [4.69, 9.17) is 5.11 Å². The maximum absolute atomic E-state index is 12.0. The number of carboxylic acid groups (broad SMARTS) is 1. The van der Waals surface area contributed by atoms with Gasteiger partial charge in [0.25, 0.3) is 0 Å². The standard InChI is InChI=1S/C16H22N2O4/c1-3-4-8-14(16(21)22)18-15(20)10-12-7-5-6-9-13(12)17-11(2)19/h5-7,9,14H,3-4,8,10H2,1-2H3,(H,17,19)(H,18,20)(H,21,22)/t14-/m0/s1. The average Bonchev–Trinajstić information content (AvgIpc) is 2.44. The van der Waals surface area contributed by atoms with Crippen LogP contribution in [0, 0.1) is 0 Å². The van der Waals surface area contributed by atoms with Crippen LogP contribution in [0.3, 0.4) is 0 Å². The number of carbonyl (C=O) groups is 3. The van der Waals surface area contributed by atoms with Crippen molar-refractivity contribution >= 4 is 23.5 Å². The molecule has 2 amide bonds. The summed E-state index contributed by atoms with van der Waals surface area (Å²) in [6, 6.07) is 6.08. The van der Waals surface area contributed by atoms with Gasteiger partial charge >= 0.3 is 5.97 Å². The lowest BCUT2D eigenvalue weighted by atomic mass is 10.1. The summed E-state index contributed by atoms with van der Waals surface area (Å²) < 4.78 is 0. The Hall–Kier alpha value is -2.37. The summed E-state index contributed by atoms with van der Waals surface area (Å²) in [6.07, 6.45) is 2.03. The molecule has 0 bridgehead atoms. The molecule has 0 spiro atoms. The van der Waals surface area contributed by atoms with Crippen LogP contribution in [0.15, 0.2) is 24.3 Å². The molecular weight excluding hydrogens is 284 g/mol. The van der Waals surface area contributed by atoms with E-state index in [1.807, 2.05) is 6.92 Å². The second kappa shape index (κ2) is 8.81. The molecule has 1 aromatic carbocycles. The number of nitrogens with one attached hydrogen (secondary N) is 2. The van der Waals surface area contributed by atoms with E-state index in [0.717, 1.165) is 12.8 Å². The molecule has 22 heavy (non-hydrogen) atoms. The molecule has 0 aliphatic heterocycles. The highest BCUT2D eigenvalue weighted by molar-refractivity contribution is 5.91. The molecule has 1 rings (SSSR count). The Morgan fingerprint density at radius 2 is 1.91 bits per heavy atom. The van der Waals surface area contributed by atoms with E-state index < -0.39 is 12.0 Å². The molecule has 6 nitrogen and oxygen atoms in total. The van der Waals surface area contributed by atoms with Gasteiger partial charge in [0.1, 0.15) is 6.04 Å². The van der Waals surface area contributed by atoms with Crippen molar-refractivity contribution in [1.82, 2.24) is 5.32 Å². The first-order chi connectivity index (χ1) is 10.4. The molecule has 1 aromatic rings. The number of aliphatic carboxylic acids is 1. The van der Waals surface area contributed by atoms with Crippen molar-refractivity contribution in [2.24, 2.45) is 0 Å². The van der Waals surface area contributed by atoms with Gasteiger partial charge in [-0.15, -0.1) is 0 Å². The number of hydrogen-bond acceptors (Lipinski definition) is 3. The zero-order valence-electron chi connectivity index (χ0n) is 12.9. The third-order valence-corrected chi connectivity index (χ3v) is 3.16. The highest BCUT2D eigenvalue weighted by Gasteiger charge is 2.19. The van der Waals surface area contributed by atoms with E-state index in [1.54, 1.807) is 24.3 Å². The van der Waals surface area contributed by atoms with Gasteiger partial charge in [0, 0.05) is 12.6 Å². The molecular formula is C16H22N2O4. The smallest absolute Gasteiger partial charge is 0.326 e. The Bertz CT molecular complexity index is 543. The normalized spacial score (nSPS) is 11.5. The molecule has 120 valence electrons. The highest BCUT2D eigenvalue weighted by Crippen LogP contribution is 2.15. The lowest BCUT2D eigenvalue weighted by Gasteiger charge is -2.15. The second-order valence-corrected chi connectivity index (χ2v) is 5.12. The van der Waals surface area contributed by atoms with Crippen molar-refractivity contribution in [2.45, 2.75) is 45.6 Å². The van der Waals surface area contributed by atoms with E-state index in [2.05, 4.69) is 10.6 Å². The number of benzene rings is 1. The Morgan fingerprint density at radius 1 is 1.23 bits per heavy atom. The highest BCUT2D eigenvalue weighted by atomic mass is 16.4. The van der Waals surface area contributed by atoms with E-state index in [9.17, 15) is 14.4 Å². The molecule has 0 fully saturated rings. The molecule has 0 saturated carbocycles. The van der Waals surface area contributed by atoms with Crippen LogP contribution >= 0.6 is 0 Å². The van der Waals surface area contributed by atoms with Crippen LogP contribution in [0.2, 0.25) is 0 Å². The molecule has 0 aliphatic carbocycles. The molecule has 6 heteroatoms. The number of carbonyl (C=O) groups excluding carboxylic acids is 2. The Labute approximate surface area is 129 Å². The van der Waals surface area contributed by atoms with E-state index in [0.29, 0.717) is 17.7 Å². The summed E-state index contributed by atoms with van der Waals surface area (Å²) in [4.78, 5) is 34.3. The van der Waals surface area contributed by atoms with Gasteiger partial charge in [-0.2, -0.15) is 0 Å². The number of rotatable bonds is 8. The van der Waals surface area contributed by atoms with Gasteiger partial charge in [-0.1, -0.05) is 38.0 Å². The first kappa shape index (κ1) is 17.7. The largest absolute Gasteiger partial charge is 0.480 e. The van der Waals surface area contributed by atoms with Crippen LogP contribution in [0.25, 0.3) is 0 Å². The van der Waals surface area contributed by atoms with Gasteiger partial charge in [0.15, 0.2) is 0 Å².